The Balaban J connectivity index is 2.55. The summed E-state index contributed by atoms with van der Waals surface area (Å²) in [6.45, 7) is 7.71. The Kier molecular flexibility index (Phi) is 5.74. The molecule has 1 aromatic carbocycles. The van der Waals surface area contributed by atoms with Gasteiger partial charge in [0.2, 0.25) is 0 Å². The number of para-hydroxylation sites is 2. The van der Waals surface area contributed by atoms with E-state index in [4.69, 9.17) is 9.47 Å². The molecule has 0 radical (unpaired) electrons. The van der Waals surface area contributed by atoms with E-state index < -0.39 is 5.97 Å². The monoisotopic (exact) mass is 278 g/mol. The molecule has 0 saturated carbocycles. The molecule has 0 heterocycles. The Labute approximate surface area is 120 Å². The second-order valence-electron chi connectivity index (χ2n) is 5.93. The second kappa shape index (κ2) is 7.08. The van der Waals surface area contributed by atoms with Crippen LogP contribution in [0.25, 0.3) is 0 Å². The molecule has 4 heteroatoms. The van der Waals surface area contributed by atoms with Crippen LogP contribution in [0.4, 0.5) is 0 Å². The first-order chi connectivity index (χ1) is 9.28. The number of hydrogen-bond donors (Lipinski definition) is 0. The molecule has 4 nitrogen and oxygen atoms in total. The zero-order valence-electron chi connectivity index (χ0n) is 12.6. The van der Waals surface area contributed by atoms with E-state index in [0.717, 1.165) is 12.8 Å². The first-order valence-corrected chi connectivity index (χ1v) is 6.76. The highest BCUT2D eigenvalue weighted by molar-refractivity contribution is 5.75. The molecule has 0 aliphatic carbocycles. The van der Waals surface area contributed by atoms with Crippen molar-refractivity contribution in [1.29, 1.82) is 0 Å². The minimum absolute atomic E-state index is 0.204. The first kappa shape index (κ1) is 16.2. The fraction of sp³-hybridized carbons (Fsp3) is 0.500. The lowest BCUT2D eigenvalue weighted by Gasteiger charge is -2.17. The maximum atomic E-state index is 11.8. The Bertz CT molecular complexity index is 472. The Morgan fingerprint density at radius 1 is 1.05 bits per heavy atom. The largest absolute Gasteiger partial charge is 0.423 e. The van der Waals surface area contributed by atoms with E-state index in [1.807, 2.05) is 0 Å². The molecule has 0 saturated heterocycles. The highest BCUT2D eigenvalue weighted by Crippen LogP contribution is 2.27. The number of hydrogen-bond acceptors (Lipinski definition) is 4. The molecule has 110 valence electrons. The lowest BCUT2D eigenvalue weighted by molar-refractivity contribution is -0.136. The van der Waals surface area contributed by atoms with Crippen molar-refractivity contribution in [2.24, 2.45) is 5.41 Å². The van der Waals surface area contributed by atoms with Gasteiger partial charge in [0, 0.05) is 13.3 Å². The van der Waals surface area contributed by atoms with E-state index in [2.05, 4.69) is 20.8 Å². The van der Waals surface area contributed by atoms with Gasteiger partial charge in [0.1, 0.15) is 0 Å². The van der Waals surface area contributed by atoms with Gasteiger partial charge in [-0.1, -0.05) is 32.9 Å². The van der Waals surface area contributed by atoms with Crippen LogP contribution >= 0.6 is 0 Å². The summed E-state index contributed by atoms with van der Waals surface area (Å²) in [5.41, 5.74) is 0.204. The number of ether oxygens (including phenoxy) is 2. The maximum Gasteiger partial charge on any atom is 0.311 e. The van der Waals surface area contributed by atoms with E-state index in [1.54, 1.807) is 24.3 Å². The summed E-state index contributed by atoms with van der Waals surface area (Å²) in [6.07, 6.45) is 2.08. The summed E-state index contributed by atoms with van der Waals surface area (Å²) >= 11 is 0. The molecule has 0 aliphatic heterocycles. The lowest BCUT2D eigenvalue weighted by Crippen LogP contribution is -2.12. The van der Waals surface area contributed by atoms with Crippen LogP contribution < -0.4 is 9.47 Å². The van der Waals surface area contributed by atoms with Crippen LogP contribution in [0.15, 0.2) is 24.3 Å². The van der Waals surface area contributed by atoms with Crippen molar-refractivity contribution in [1.82, 2.24) is 0 Å². The molecule has 0 spiro atoms. The fourth-order valence-electron chi connectivity index (χ4n) is 1.71. The molecule has 0 fully saturated rings. The van der Waals surface area contributed by atoms with Crippen LogP contribution in [-0.4, -0.2) is 11.9 Å². The predicted molar refractivity (Wildman–Crippen MR) is 76.7 cm³/mol. The SMILES string of the molecule is CC(=O)Oc1ccccc1OC(=O)CCCC(C)(C)C. The number of rotatable bonds is 5. The highest BCUT2D eigenvalue weighted by atomic mass is 16.6. The van der Waals surface area contributed by atoms with E-state index in [9.17, 15) is 9.59 Å². The van der Waals surface area contributed by atoms with Gasteiger partial charge in [-0.25, -0.2) is 0 Å². The van der Waals surface area contributed by atoms with Crippen molar-refractivity contribution in [3.8, 4) is 11.5 Å². The van der Waals surface area contributed by atoms with Crippen LogP contribution in [0.5, 0.6) is 11.5 Å². The summed E-state index contributed by atoms with van der Waals surface area (Å²) in [5.74, 6) is -0.206. The Morgan fingerprint density at radius 3 is 2.10 bits per heavy atom. The van der Waals surface area contributed by atoms with Gasteiger partial charge in [-0.2, -0.15) is 0 Å². The van der Waals surface area contributed by atoms with Crippen molar-refractivity contribution in [3.63, 3.8) is 0 Å². The standard InChI is InChI=1S/C16H22O4/c1-12(17)19-13-8-5-6-9-14(13)20-15(18)10-7-11-16(2,3)4/h5-6,8-9H,7,10-11H2,1-4H3. The zero-order valence-corrected chi connectivity index (χ0v) is 12.6. The average molecular weight is 278 g/mol. The van der Waals surface area contributed by atoms with Gasteiger partial charge in [-0.3, -0.25) is 9.59 Å². The lowest BCUT2D eigenvalue weighted by atomic mass is 9.90. The van der Waals surface area contributed by atoms with Crippen molar-refractivity contribution in [2.75, 3.05) is 0 Å². The van der Waals surface area contributed by atoms with Crippen LogP contribution in [0.1, 0.15) is 47.0 Å². The zero-order chi connectivity index (χ0) is 15.2. The molecule has 0 N–H and O–H groups in total. The summed E-state index contributed by atoms with van der Waals surface area (Å²) in [7, 11) is 0. The number of carbonyl (C=O) groups excluding carboxylic acids is 2. The van der Waals surface area contributed by atoms with Crippen LogP contribution in [0.3, 0.4) is 0 Å². The minimum atomic E-state index is -0.443. The average Bonchev–Trinajstić information content (AvgIpc) is 2.29. The maximum absolute atomic E-state index is 11.8. The molecule has 0 bridgehead atoms. The molecule has 0 aliphatic rings. The normalized spacial score (nSPS) is 11.0. The van der Waals surface area contributed by atoms with Crippen molar-refractivity contribution in [3.05, 3.63) is 24.3 Å². The van der Waals surface area contributed by atoms with E-state index in [1.165, 1.54) is 6.92 Å². The summed E-state index contributed by atoms with van der Waals surface area (Å²) in [5, 5.41) is 0. The van der Waals surface area contributed by atoms with Gasteiger partial charge in [-0.05, 0) is 30.4 Å². The molecule has 0 aromatic heterocycles. The fourth-order valence-corrected chi connectivity index (χ4v) is 1.71. The van der Waals surface area contributed by atoms with E-state index in [-0.39, 0.29) is 22.9 Å². The summed E-state index contributed by atoms with van der Waals surface area (Å²) in [4.78, 5) is 22.7. The van der Waals surface area contributed by atoms with Crippen LogP contribution in [-0.2, 0) is 9.59 Å². The smallest absolute Gasteiger partial charge is 0.311 e. The van der Waals surface area contributed by atoms with Crippen LogP contribution in [0, 0.1) is 5.41 Å². The van der Waals surface area contributed by atoms with Crippen molar-refractivity contribution in [2.45, 2.75) is 47.0 Å². The third-order valence-electron chi connectivity index (χ3n) is 2.63. The predicted octanol–water partition coefficient (Wildman–Crippen LogP) is 3.73. The molecule has 0 atom stereocenters. The third-order valence-corrected chi connectivity index (χ3v) is 2.63. The topological polar surface area (TPSA) is 52.6 Å². The molecule has 0 amide bonds. The number of esters is 2. The van der Waals surface area contributed by atoms with Gasteiger partial charge in [0.05, 0.1) is 0 Å². The number of carbonyl (C=O) groups is 2. The van der Waals surface area contributed by atoms with Gasteiger partial charge in [0.15, 0.2) is 11.5 Å². The van der Waals surface area contributed by atoms with Crippen LogP contribution in [0.2, 0.25) is 0 Å². The second-order valence-corrected chi connectivity index (χ2v) is 5.93. The molecule has 1 aromatic rings. The molecule has 0 unspecified atom stereocenters. The minimum Gasteiger partial charge on any atom is -0.423 e. The molecular formula is C16H22O4. The molecule has 1 rings (SSSR count). The summed E-state index contributed by atoms with van der Waals surface area (Å²) in [6, 6.07) is 6.65. The number of benzene rings is 1. The van der Waals surface area contributed by atoms with Gasteiger partial charge in [-0.15, -0.1) is 0 Å². The highest BCUT2D eigenvalue weighted by Gasteiger charge is 2.14. The van der Waals surface area contributed by atoms with Gasteiger partial charge < -0.3 is 9.47 Å². The van der Waals surface area contributed by atoms with Crippen molar-refractivity contribution < 1.29 is 19.1 Å². The first-order valence-electron chi connectivity index (χ1n) is 6.76. The Morgan fingerprint density at radius 2 is 1.60 bits per heavy atom. The third kappa shape index (κ3) is 6.36. The summed E-state index contributed by atoms with van der Waals surface area (Å²) < 4.78 is 10.2. The van der Waals surface area contributed by atoms with Gasteiger partial charge >= 0.3 is 11.9 Å². The van der Waals surface area contributed by atoms with E-state index in [0.29, 0.717) is 6.42 Å². The molecule has 20 heavy (non-hydrogen) atoms. The van der Waals surface area contributed by atoms with Gasteiger partial charge in [0.25, 0.3) is 0 Å². The molecular weight excluding hydrogens is 256 g/mol. The Hall–Kier alpha value is -1.84. The van der Waals surface area contributed by atoms with E-state index >= 15 is 0 Å². The quantitative estimate of drug-likeness (QED) is 0.608. The van der Waals surface area contributed by atoms with Crippen molar-refractivity contribution >= 4 is 11.9 Å².